The summed E-state index contributed by atoms with van der Waals surface area (Å²) in [5.41, 5.74) is 2.21. The fourth-order valence-electron chi connectivity index (χ4n) is 3.47. The Morgan fingerprint density at radius 3 is 2.15 bits per heavy atom. The zero-order valence-electron chi connectivity index (χ0n) is 14.6. The summed E-state index contributed by atoms with van der Waals surface area (Å²) < 4.78 is 1.69. The van der Waals surface area contributed by atoms with Gasteiger partial charge in [-0.05, 0) is 25.0 Å². The Labute approximate surface area is 153 Å². The second-order valence-corrected chi connectivity index (χ2v) is 6.41. The average Bonchev–Trinajstić information content (AvgIpc) is 3.23. The monoisotopic (exact) mass is 343 g/mol. The lowest BCUT2D eigenvalue weighted by atomic mass is 10.1. The molecule has 0 bridgehead atoms. The van der Waals surface area contributed by atoms with Crippen LogP contribution < -0.4 is 10.5 Å². The Kier molecular flexibility index (Phi) is 4.40. The summed E-state index contributed by atoms with van der Waals surface area (Å²) >= 11 is 0. The number of rotatable bonds is 4. The van der Waals surface area contributed by atoms with Crippen molar-refractivity contribution < 1.29 is 0 Å². The van der Waals surface area contributed by atoms with E-state index in [-0.39, 0.29) is 5.56 Å². The minimum atomic E-state index is -0.0815. The van der Waals surface area contributed by atoms with E-state index in [1.54, 1.807) is 10.6 Å². The van der Waals surface area contributed by atoms with E-state index in [9.17, 15) is 4.79 Å². The molecule has 0 amide bonds. The predicted octanol–water partition coefficient (Wildman–Crippen LogP) is 4.14. The third-order valence-corrected chi connectivity index (χ3v) is 4.75. The van der Waals surface area contributed by atoms with E-state index >= 15 is 0 Å². The smallest absolute Gasteiger partial charge is 0.267 e. The molecule has 1 saturated heterocycles. The SMILES string of the molecule is C=Cc1c(N2CCCC2)nc(-c2ccccc2)n(-c2ccccc2)c1=O. The van der Waals surface area contributed by atoms with E-state index in [0.29, 0.717) is 11.4 Å². The first-order valence-corrected chi connectivity index (χ1v) is 8.95. The molecule has 3 aromatic rings. The van der Waals surface area contributed by atoms with Crippen molar-refractivity contribution in [2.24, 2.45) is 0 Å². The molecule has 2 aromatic carbocycles. The van der Waals surface area contributed by atoms with Crippen molar-refractivity contribution in [3.63, 3.8) is 0 Å². The normalized spacial score (nSPS) is 13.8. The first-order valence-electron chi connectivity index (χ1n) is 8.95. The van der Waals surface area contributed by atoms with Crippen LogP contribution in [0.1, 0.15) is 18.4 Å². The standard InChI is InChI=1S/C22H21N3O/c1-2-19-21(24-15-9-10-16-24)23-20(17-11-5-3-6-12-17)25(22(19)26)18-13-7-4-8-14-18/h2-8,11-14H,1,9-10,15-16H2. The van der Waals surface area contributed by atoms with Gasteiger partial charge < -0.3 is 4.90 Å². The molecule has 2 heterocycles. The molecule has 1 aromatic heterocycles. The van der Waals surface area contributed by atoms with Crippen LogP contribution in [0.3, 0.4) is 0 Å². The Morgan fingerprint density at radius 2 is 1.54 bits per heavy atom. The minimum Gasteiger partial charge on any atom is -0.356 e. The number of para-hydroxylation sites is 1. The molecule has 4 nitrogen and oxygen atoms in total. The molecule has 1 aliphatic rings. The van der Waals surface area contributed by atoms with Crippen LogP contribution in [0.15, 0.2) is 72.0 Å². The molecular weight excluding hydrogens is 322 g/mol. The second kappa shape index (κ2) is 7.00. The van der Waals surface area contributed by atoms with Crippen molar-refractivity contribution >= 4 is 11.9 Å². The highest BCUT2D eigenvalue weighted by Crippen LogP contribution is 2.27. The number of hydrogen-bond donors (Lipinski definition) is 0. The lowest BCUT2D eigenvalue weighted by molar-refractivity contribution is 0.883. The van der Waals surface area contributed by atoms with Gasteiger partial charge in [-0.1, -0.05) is 61.2 Å². The van der Waals surface area contributed by atoms with Gasteiger partial charge in [-0.15, -0.1) is 0 Å². The largest absolute Gasteiger partial charge is 0.356 e. The first kappa shape index (κ1) is 16.3. The zero-order valence-corrected chi connectivity index (χ0v) is 14.6. The maximum Gasteiger partial charge on any atom is 0.267 e. The van der Waals surface area contributed by atoms with Crippen LogP contribution in [0, 0.1) is 0 Å². The maximum atomic E-state index is 13.4. The van der Waals surface area contributed by atoms with E-state index in [2.05, 4.69) is 11.5 Å². The van der Waals surface area contributed by atoms with Gasteiger partial charge in [0.2, 0.25) is 0 Å². The van der Waals surface area contributed by atoms with Crippen molar-refractivity contribution in [2.45, 2.75) is 12.8 Å². The zero-order chi connectivity index (χ0) is 17.9. The Hall–Kier alpha value is -3.14. The average molecular weight is 343 g/mol. The lowest BCUT2D eigenvalue weighted by Gasteiger charge is -2.22. The number of anilines is 1. The molecule has 4 rings (SSSR count). The summed E-state index contributed by atoms with van der Waals surface area (Å²) in [4.78, 5) is 20.5. The van der Waals surface area contributed by atoms with Crippen LogP contribution in [0.5, 0.6) is 0 Å². The van der Waals surface area contributed by atoms with Gasteiger partial charge in [0.25, 0.3) is 5.56 Å². The van der Waals surface area contributed by atoms with Gasteiger partial charge in [0, 0.05) is 18.7 Å². The van der Waals surface area contributed by atoms with Gasteiger partial charge >= 0.3 is 0 Å². The molecule has 0 unspecified atom stereocenters. The molecule has 1 aliphatic heterocycles. The van der Waals surface area contributed by atoms with Gasteiger partial charge in [-0.25, -0.2) is 4.98 Å². The van der Waals surface area contributed by atoms with E-state index in [0.717, 1.165) is 43.0 Å². The second-order valence-electron chi connectivity index (χ2n) is 6.41. The number of nitrogens with zero attached hydrogens (tertiary/aromatic N) is 3. The summed E-state index contributed by atoms with van der Waals surface area (Å²) in [6.07, 6.45) is 3.89. The molecular formula is C22H21N3O. The molecule has 26 heavy (non-hydrogen) atoms. The fourth-order valence-corrected chi connectivity index (χ4v) is 3.47. The van der Waals surface area contributed by atoms with Crippen LogP contribution in [-0.2, 0) is 0 Å². The fraction of sp³-hybridized carbons (Fsp3) is 0.182. The summed E-state index contributed by atoms with van der Waals surface area (Å²) in [5, 5.41) is 0. The number of benzene rings is 2. The molecule has 4 heteroatoms. The van der Waals surface area contributed by atoms with Crippen molar-refractivity contribution in [1.29, 1.82) is 0 Å². The van der Waals surface area contributed by atoms with Gasteiger partial charge in [-0.3, -0.25) is 9.36 Å². The molecule has 0 saturated carbocycles. The highest BCUT2D eigenvalue weighted by atomic mass is 16.1. The Balaban J connectivity index is 2.03. The summed E-state index contributed by atoms with van der Waals surface area (Å²) in [7, 11) is 0. The van der Waals surface area contributed by atoms with Crippen LogP contribution in [-0.4, -0.2) is 22.6 Å². The maximum absolute atomic E-state index is 13.4. The van der Waals surface area contributed by atoms with Crippen molar-refractivity contribution in [3.8, 4) is 17.1 Å². The van der Waals surface area contributed by atoms with Gasteiger partial charge in [0.05, 0.1) is 11.3 Å². The van der Waals surface area contributed by atoms with Gasteiger partial charge in [-0.2, -0.15) is 0 Å². The van der Waals surface area contributed by atoms with Gasteiger partial charge in [0.15, 0.2) is 0 Å². The van der Waals surface area contributed by atoms with E-state index in [1.807, 2.05) is 60.7 Å². The highest BCUT2D eigenvalue weighted by molar-refractivity contribution is 5.68. The Bertz CT molecular complexity index is 972. The van der Waals surface area contributed by atoms with Crippen molar-refractivity contribution in [2.75, 3.05) is 18.0 Å². The third kappa shape index (κ3) is 2.84. The third-order valence-electron chi connectivity index (χ3n) is 4.75. The molecule has 0 spiro atoms. The molecule has 1 fully saturated rings. The Morgan fingerprint density at radius 1 is 0.923 bits per heavy atom. The molecule has 0 radical (unpaired) electrons. The highest BCUT2D eigenvalue weighted by Gasteiger charge is 2.22. The summed E-state index contributed by atoms with van der Waals surface area (Å²) in [6.45, 7) is 5.74. The van der Waals surface area contributed by atoms with E-state index in [4.69, 9.17) is 4.98 Å². The number of hydrogen-bond acceptors (Lipinski definition) is 3. The van der Waals surface area contributed by atoms with Crippen molar-refractivity contribution in [1.82, 2.24) is 9.55 Å². The molecule has 0 atom stereocenters. The topological polar surface area (TPSA) is 38.1 Å². The van der Waals surface area contributed by atoms with Crippen LogP contribution in [0.4, 0.5) is 5.82 Å². The number of aromatic nitrogens is 2. The van der Waals surface area contributed by atoms with Crippen LogP contribution in [0.25, 0.3) is 23.2 Å². The minimum absolute atomic E-state index is 0.0815. The van der Waals surface area contributed by atoms with Crippen LogP contribution >= 0.6 is 0 Å². The van der Waals surface area contributed by atoms with Crippen molar-refractivity contribution in [3.05, 3.63) is 83.2 Å². The van der Waals surface area contributed by atoms with E-state index in [1.165, 1.54) is 0 Å². The quantitative estimate of drug-likeness (QED) is 0.714. The van der Waals surface area contributed by atoms with Crippen LogP contribution in [0.2, 0.25) is 0 Å². The summed E-state index contributed by atoms with van der Waals surface area (Å²) in [5.74, 6) is 1.41. The molecule has 0 aliphatic carbocycles. The summed E-state index contributed by atoms with van der Waals surface area (Å²) in [6, 6.07) is 19.5. The van der Waals surface area contributed by atoms with E-state index < -0.39 is 0 Å². The lowest BCUT2D eigenvalue weighted by Crippen LogP contribution is -2.30. The molecule has 0 N–H and O–H groups in total. The predicted molar refractivity (Wildman–Crippen MR) is 107 cm³/mol. The van der Waals surface area contributed by atoms with Gasteiger partial charge in [0.1, 0.15) is 11.6 Å². The first-order chi connectivity index (χ1) is 12.8. The molecule has 130 valence electrons.